The summed E-state index contributed by atoms with van der Waals surface area (Å²) >= 11 is 6.09. The predicted molar refractivity (Wildman–Crippen MR) is 147 cm³/mol. The standard InChI is InChI=1S/C28H32ClN5O4S/c29-24-12-10-22(11-13-24)26(21-6-2-1-3-7-21)31-27(35)25-9-5-15-34(25)28(36)23-8-4-14-32(19-23)39(37,38)33-17-20(16-30)18-33/h1-3,6-7,10-13,20,23,25-26H,4-5,8-9,14-15,17-19H2,(H,31,35)/t23-,25+,26?/m0/s1. The second-order valence-corrected chi connectivity index (χ2v) is 12.8. The number of carbonyl (C=O) groups is 2. The molecular weight excluding hydrogens is 538 g/mol. The fourth-order valence-corrected chi connectivity index (χ4v) is 7.58. The van der Waals surface area contributed by atoms with Crippen molar-refractivity contribution in [3.63, 3.8) is 0 Å². The van der Waals surface area contributed by atoms with Gasteiger partial charge < -0.3 is 10.2 Å². The summed E-state index contributed by atoms with van der Waals surface area (Å²) in [6, 6.07) is 18.1. The van der Waals surface area contributed by atoms with E-state index in [-0.39, 0.29) is 37.4 Å². The summed E-state index contributed by atoms with van der Waals surface area (Å²) in [5.41, 5.74) is 1.80. The van der Waals surface area contributed by atoms with Crippen molar-refractivity contribution in [2.75, 3.05) is 32.7 Å². The van der Waals surface area contributed by atoms with E-state index in [9.17, 15) is 18.0 Å². The lowest BCUT2D eigenvalue weighted by atomic mass is 9.97. The van der Waals surface area contributed by atoms with E-state index in [0.717, 1.165) is 11.1 Å². The van der Waals surface area contributed by atoms with E-state index in [1.165, 1.54) is 8.61 Å². The van der Waals surface area contributed by atoms with Crippen LogP contribution in [0.2, 0.25) is 5.02 Å². The number of hydrogen-bond acceptors (Lipinski definition) is 5. The molecule has 3 saturated heterocycles. The highest BCUT2D eigenvalue weighted by Gasteiger charge is 2.44. The lowest BCUT2D eigenvalue weighted by molar-refractivity contribution is -0.142. The number of likely N-dealkylation sites (tertiary alicyclic amines) is 1. The quantitative estimate of drug-likeness (QED) is 0.551. The highest BCUT2D eigenvalue weighted by atomic mass is 35.5. The topological polar surface area (TPSA) is 114 Å². The van der Waals surface area contributed by atoms with E-state index >= 15 is 0 Å². The van der Waals surface area contributed by atoms with Gasteiger partial charge in [0.15, 0.2) is 0 Å². The van der Waals surface area contributed by atoms with Crippen LogP contribution in [0.4, 0.5) is 0 Å². The zero-order chi connectivity index (χ0) is 27.6. The van der Waals surface area contributed by atoms with Gasteiger partial charge in [-0.05, 0) is 48.9 Å². The van der Waals surface area contributed by atoms with Gasteiger partial charge in [-0.2, -0.15) is 22.3 Å². The Bertz CT molecular complexity index is 1340. The summed E-state index contributed by atoms with van der Waals surface area (Å²) in [6.07, 6.45) is 2.41. The highest BCUT2D eigenvalue weighted by molar-refractivity contribution is 7.86. The van der Waals surface area contributed by atoms with Gasteiger partial charge in [-0.1, -0.05) is 54.1 Å². The molecule has 0 aromatic heterocycles. The van der Waals surface area contributed by atoms with Crippen LogP contribution < -0.4 is 5.32 Å². The van der Waals surface area contributed by atoms with Crippen LogP contribution >= 0.6 is 11.6 Å². The van der Waals surface area contributed by atoms with Crippen LogP contribution in [0.5, 0.6) is 0 Å². The van der Waals surface area contributed by atoms with Gasteiger partial charge in [-0.25, -0.2) is 0 Å². The molecule has 1 N–H and O–H groups in total. The van der Waals surface area contributed by atoms with E-state index in [1.807, 2.05) is 42.5 Å². The molecule has 1 unspecified atom stereocenters. The Morgan fingerprint density at radius 3 is 2.28 bits per heavy atom. The monoisotopic (exact) mass is 569 g/mol. The van der Waals surface area contributed by atoms with Gasteiger partial charge in [0, 0.05) is 37.7 Å². The number of nitrogens with one attached hydrogen (secondary N) is 1. The van der Waals surface area contributed by atoms with E-state index in [2.05, 4.69) is 11.4 Å². The van der Waals surface area contributed by atoms with Crippen molar-refractivity contribution in [2.24, 2.45) is 11.8 Å². The molecule has 3 aliphatic rings. The van der Waals surface area contributed by atoms with Crippen LogP contribution in [-0.2, 0) is 19.8 Å². The zero-order valence-corrected chi connectivity index (χ0v) is 23.2. The molecule has 5 rings (SSSR count). The van der Waals surface area contributed by atoms with Crippen LogP contribution in [0.3, 0.4) is 0 Å². The third-order valence-corrected chi connectivity index (χ3v) is 10.1. The van der Waals surface area contributed by atoms with Crippen molar-refractivity contribution in [1.29, 1.82) is 5.26 Å². The molecule has 0 spiro atoms. The zero-order valence-electron chi connectivity index (χ0n) is 21.6. The summed E-state index contributed by atoms with van der Waals surface area (Å²) < 4.78 is 28.8. The summed E-state index contributed by atoms with van der Waals surface area (Å²) in [5, 5.41) is 12.8. The molecule has 3 atom stereocenters. The van der Waals surface area contributed by atoms with Crippen LogP contribution in [-0.4, -0.2) is 72.5 Å². The molecule has 0 aliphatic carbocycles. The highest BCUT2D eigenvalue weighted by Crippen LogP contribution is 2.30. The predicted octanol–water partition coefficient (Wildman–Crippen LogP) is 2.95. The summed E-state index contributed by atoms with van der Waals surface area (Å²) in [6.45, 7) is 1.30. The van der Waals surface area contributed by atoms with Crippen molar-refractivity contribution < 1.29 is 18.0 Å². The smallest absolute Gasteiger partial charge is 0.282 e. The molecule has 0 saturated carbocycles. The molecule has 206 valence electrons. The number of hydrogen-bond donors (Lipinski definition) is 1. The molecule has 2 aromatic carbocycles. The Hall–Kier alpha value is -2.97. The van der Waals surface area contributed by atoms with Gasteiger partial charge in [0.2, 0.25) is 11.8 Å². The maximum Gasteiger partial charge on any atom is 0.282 e. The van der Waals surface area contributed by atoms with Crippen molar-refractivity contribution in [2.45, 2.75) is 37.8 Å². The second kappa shape index (κ2) is 11.6. The van der Waals surface area contributed by atoms with Gasteiger partial charge in [0.05, 0.1) is 23.9 Å². The fourth-order valence-electron chi connectivity index (χ4n) is 5.66. The SMILES string of the molecule is N#CC1CN(S(=O)(=O)N2CCC[C@H](C(=O)N3CCC[C@@H]3C(=O)NC(c3ccccc3)c3ccc(Cl)cc3)C2)C1. The number of carbonyl (C=O) groups excluding carboxylic acids is 2. The van der Waals surface area contributed by atoms with Crippen molar-refractivity contribution in [3.8, 4) is 6.07 Å². The van der Waals surface area contributed by atoms with Gasteiger partial charge in [0.25, 0.3) is 10.2 Å². The molecule has 0 radical (unpaired) electrons. The molecule has 11 heteroatoms. The normalized spacial score (nSPS) is 23.5. The van der Waals surface area contributed by atoms with Crippen molar-refractivity contribution in [1.82, 2.24) is 18.8 Å². The van der Waals surface area contributed by atoms with Gasteiger partial charge in [-0.15, -0.1) is 0 Å². The van der Waals surface area contributed by atoms with Crippen LogP contribution in [0.25, 0.3) is 0 Å². The Kier molecular flexibility index (Phi) is 8.24. The first-order chi connectivity index (χ1) is 18.8. The minimum atomic E-state index is -3.71. The molecule has 2 amide bonds. The van der Waals surface area contributed by atoms with Gasteiger partial charge in [-0.3, -0.25) is 9.59 Å². The largest absolute Gasteiger partial charge is 0.343 e. The van der Waals surface area contributed by atoms with E-state index in [4.69, 9.17) is 16.9 Å². The number of piperidine rings is 1. The molecule has 2 aromatic rings. The average molecular weight is 570 g/mol. The summed E-state index contributed by atoms with van der Waals surface area (Å²) in [5.74, 6) is -1.18. The van der Waals surface area contributed by atoms with Crippen LogP contribution in [0.1, 0.15) is 42.9 Å². The molecule has 3 heterocycles. The average Bonchev–Trinajstić information content (AvgIpc) is 3.42. The van der Waals surface area contributed by atoms with Crippen molar-refractivity contribution >= 4 is 33.6 Å². The van der Waals surface area contributed by atoms with E-state index in [0.29, 0.717) is 43.8 Å². The Labute approximate surface area is 234 Å². The minimum absolute atomic E-state index is 0.0944. The van der Waals surface area contributed by atoms with Crippen molar-refractivity contribution in [3.05, 3.63) is 70.7 Å². The third kappa shape index (κ3) is 5.82. The number of halogens is 1. The maximum absolute atomic E-state index is 13.7. The number of nitriles is 1. The Morgan fingerprint density at radius 2 is 1.59 bits per heavy atom. The number of nitrogens with zero attached hydrogens (tertiary/aromatic N) is 4. The summed E-state index contributed by atoms with van der Waals surface area (Å²) in [7, 11) is -3.71. The van der Waals surface area contributed by atoms with E-state index in [1.54, 1.807) is 17.0 Å². The molecule has 3 fully saturated rings. The van der Waals surface area contributed by atoms with Crippen LogP contribution in [0.15, 0.2) is 54.6 Å². The first kappa shape index (κ1) is 27.6. The van der Waals surface area contributed by atoms with Gasteiger partial charge in [0.1, 0.15) is 6.04 Å². The summed E-state index contributed by atoms with van der Waals surface area (Å²) in [4.78, 5) is 28.9. The maximum atomic E-state index is 13.7. The lowest BCUT2D eigenvalue weighted by Gasteiger charge is -2.41. The first-order valence-electron chi connectivity index (χ1n) is 13.3. The molecule has 3 aliphatic heterocycles. The number of benzene rings is 2. The third-order valence-electron chi connectivity index (χ3n) is 7.88. The Balaban J connectivity index is 1.28. The number of rotatable bonds is 7. The fraction of sp³-hybridized carbons (Fsp3) is 0.464. The Morgan fingerprint density at radius 1 is 0.923 bits per heavy atom. The van der Waals surface area contributed by atoms with Gasteiger partial charge >= 0.3 is 0 Å². The molecule has 0 bridgehead atoms. The molecule has 9 nitrogen and oxygen atoms in total. The first-order valence-corrected chi connectivity index (χ1v) is 15.1. The van der Waals surface area contributed by atoms with Crippen LogP contribution in [0, 0.1) is 23.2 Å². The second-order valence-electron chi connectivity index (χ2n) is 10.4. The molecular formula is C28H32ClN5O4S. The molecule has 39 heavy (non-hydrogen) atoms. The minimum Gasteiger partial charge on any atom is -0.343 e. The van der Waals surface area contributed by atoms with E-state index < -0.39 is 28.2 Å². The number of amides is 2. The lowest BCUT2D eigenvalue weighted by Crippen LogP contribution is -2.57.